The van der Waals surface area contributed by atoms with Gasteiger partial charge in [0, 0.05) is 10.5 Å². The monoisotopic (exact) mass is 286 g/mol. The molecule has 1 saturated heterocycles. The van der Waals surface area contributed by atoms with Crippen LogP contribution in [0.2, 0.25) is 0 Å². The molecule has 2 nitrogen and oxygen atoms in total. The van der Waals surface area contributed by atoms with Gasteiger partial charge in [-0.15, -0.1) is 0 Å². The van der Waals surface area contributed by atoms with E-state index in [1.54, 1.807) is 6.07 Å². The van der Waals surface area contributed by atoms with E-state index in [0.717, 1.165) is 30.4 Å². The number of nitrogens with zero attached hydrogens (tertiary/aromatic N) is 1. The van der Waals surface area contributed by atoms with Crippen LogP contribution >= 0.6 is 15.9 Å². The van der Waals surface area contributed by atoms with Crippen molar-refractivity contribution in [2.24, 2.45) is 0 Å². The van der Waals surface area contributed by atoms with Crippen molar-refractivity contribution in [1.29, 1.82) is 0 Å². The number of hydrogen-bond acceptors (Lipinski definition) is 2. The molecular weight excluding hydrogens is 271 g/mol. The average Bonchev–Trinajstić information content (AvgIpc) is 2.25. The summed E-state index contributed by atoms with van der Waals surface area (Å²) in [5, 5.41) is 3.27. The first-order valence-corrected chi connectivity index (χ1v) is 6.34. The third-order valence-electron chi connectivity index (χ3n) is 3.01. The molecule has 4 heteroatoms. The van der Waals surface area contributed by atoms with Crippen LogP contribution in [0.25, 0.3) is 0 Å². The van der Waals surface area contributed by atoms with E-state index in [2.05, 4.69) is 33.2 Å². The van der Waals surface area contributed by atoms with Crippen LogP contribution < -0.4 is 5.32 Å². The number of halogens is 2. The van der Waals surface area contributed by atoms with E-state index in [1.165, 1.54) is 6.07 Å². The van der Waals surface area contributed by atoms with E-state index in [0.29, 0.717) is 11.7 Å². The number of nitrogens with one attached hydrogen (secondary N) is 1. The van der Waals surface area contributed by atoms with Gasteiger partial charge in [0.25, 0.3) is 0 Å². The molecule has 2 rings (SSSR count). The highest BCUT2D eigenvalue weighted by Crippen LogP contribution is 2.22. The minimum Gasteiger partial charge on any atom is -0.380 e. The molecule has 0 unspecified atom stereocenters. The number of anilines is 1. The van der Waals surface area contributed by atoms with Crippen LogP contribution in [0.15, 0.2) is 22.7 Å². The van der Waals surface area contributed by atoms with Crippen LogP contribution in [0, 0.1) is 5.82 Å². The fourth-order valence-corrected chi connectivity index (χ4v) is 2.31. The molecule has 0 spiro atoms. The zero-order valence-electron chi connectivity index (χ0n) is 9.34. The summed E-state index contributed by atoms with van der Waals surface area (Å²) in [6.07, 6.45) is 2.15. The summed E-state index contributed by atoms with van der Waals surface area (Å²) in [6, 6.07) is 5.54. The highest BCUT2D eigenvalue weighted by molar-refractivity contribution is 9.10. The minimum atomic E-state index is -0.187. The fraction of sp³-hybridized carbons (Fsp3) is 0.500. The van der Waals surface area contributed by atoms with Crippen LogP contribution in [0.5, 0.6) is 0 Å². The van der Waals surface area contributed by atoms with Crippen LogP contribution in [0.1, 0.15) is 12.8 Å². The van der Waals surface area contributed by atoms with Gasteiger partial charge in [-0.1, -0.05) is 15.9 Å². The second-order valence-corrected chi connectivity index (χ2v) is 5.26. The summed E-state index contributed by atoms with van der Waals surface area (Å²) in [7, 11) is 2.12. The predicted molar refractivity (Wildman–Crippen MR) is 68.2 cm³/mol. The molecule has 1 heterocycles. The molecule has 88 valence electrons. The smallest absolute Gasteiger partial charge is 0.147 e. The molecule has 1 aliphatic rings. The van der Waals surface area contributed by atoms with Gasteiger partial charge in [-0.3, -0.25) is 0 Å². The molecule has 0 aromatic heterocycles. The number of benzene rings is 1. The van der Waals surface area contributed by atoms with Crippen LogP contribution in [0.3, 0.4) is 0 Å². The molecule has 0 atom stereocenters. The third kappa shape index (κ3) is 2.95. The normalized spacial score (nSPS) is 18.7. The molecule has 0 aliphatic carbocycles. The SMILES string of the molecule is CN1CCC(Nc2ccc(Br)cc2F)CC1. The van der Waals surface area contributed by atoms with Crippen molar-refractivity contribution in [2.75, 3.05) is 25.5 Å². The first-order chi connectivity index (χ1) is 7.65. The van der Waals surface area contributed by atoms with Gasteiger partial charge in [0.1, 0.15) is 5.82 Å². The second-order valence-electron chi connectivity index (χ2n) is 4.35. The lowest BCUT2D eigenvalue weighted by Gasteiger charge is -2.30. The Balaban J connectivity index is 1.98. The van der Waals surface area contributed by atoms with E-state index >= 15 is 0 Å². The standard InChI is InChI=1S/C12H16BrFN2/c1-16-6-4-10(5-7-16)15-12-3-2-9(13)8-11(12)14/h2-3,8,10,15H,4-7H2,1H3. The third-order valence-corrected chi connectivity index (χ3v) is 3.50. The molecule has 0 bridgehead atoms. The lowest BCUT2D eigenvalue weighted by molar-refractivity contribution is 0.263. The lowest BCUT2D eigenvalue weighted by atomic mass is 10.1. The zero-order chi connectivity index (χ0) is 11.5. The van der Waals surface area contributed by atoms with Crippen molar-refractivity contribution in [3.63, 3.8) is 0 Å². The quantitative estimate of drug-likeness (QED) is 0.899. The Hall–Kier alpha value is -0.610. The van der Waals surface area contributed by atoms with Crippen LogP contribution in [-0.4, -0.2) is 31.1 Å². The topological polar surface area (TPSA) is 15.3 Å². The van der Waals surface area contributed by atoms with Crippen molar-refractivity contribution in [3.8, 4) is 0 Å². The Morgan fingerprint density at radius 3 is 2.69 bits per heavy atom. The van der Waals surface area contributed by atoms with E-state index in [9.17, 15) is 4.39 Å². The largest absolute Gasteiger partial charge is 0.380 e. The molecule has 0 amide bonds. The van der Waals surface area contributed by atoms with Gasteiger partial charge in [0.05, 0.1) is 5.69 Å². The van der Waals surface area contributed by atoms with Gasteiger partial charge in [0.15, 0.2) is 0 Å². The zero-order valence-corrected chi connectivity index (χ0v) is 10.9. The molecule has 1 aromatic rings. The Bertz CT molecular complexity index is 362. The second kappa shape index (κ2) is 5.15. The summed E-state index contributed by atoms with van der Waals surface area (Å²) >= 11 is 3.25. The average molecular weight is 287 g/mol. The summed E-state index contributed by atoms with van der Waals surface area (Å²) in [4.78, 5) is 2.30. The van der Waals surface area contributed by atoms with Gasteiger partial charge >= 0.3 is 0 Å². The van der Waals surface area contributed by atoms with Crippen molar-refractivity contribution < 1.29 is 4.39 Å². The van der Waals surface area contributed by atoms with E-state index in [4.69, 9.17) is 0 Å². The van der Waals surface area contributed by atoms with Gasteiger partial charge in [-0.25, -0.2) is 4.39 Å². The van der Waals surface area contributed by atoms with E-state index in [-0.39, 0.29) is 5.82 Å². The fourth-order valence-electron chi connectivity index (χ4n) is 1.98. The summed E-state index contributed by atoms with van der Waals surface area (Å²) in [6.45, 7) is 2.16. The Kier molecular flexibility index (Phi) is 3.82. The number of hydrogen-bond donors (Lipinski definition) is 1. The maximum Gasteiger partial charge on any atom is 0.147 e. The Morgan fingerprint density at radius 1 is 1.38 bits per heavy atom. The Labute approximate surface area is 104 Å². The minimum absolute atomic E-state index is 0.187. The van der Waals surface area contributed by atoms with Crippen molar-refractivity contribution in [3.05, 3.63) is 28.5 Å². The molecule has 1 aliphatic heterocycles. The highest BCUT2D eigenvalue weighted by Gasteiger charge is 2.17. The van der Waals surface area contributed by atoms with Gasteiger partial charge < -0.3 is 10.2 Å². The summed E-state index contributed by atoms with van der Waals surface area (Å²) in [5.41, 5.74) is 0.609. The molecule has 0 saturated carbocycles. The van der Waals surface area contributed by atoms with Crippen molar-refractivity contribution >= 4 is 21.6 Å². The number of rotatable bonds is 2. The summed E-state index contributed by atoms with van der Waals surface area (Å²) < 4.78 is 14.4. The van der Waals surface area contributed by atoms with Crippen molar-refractivity contribution in [2.45, 2.75) is 18.9 Å². The molecule has 16 heavy (non-hydrogen) atoms. The molecule has 1 fully saturated rings. The van der Waals surface area contributed by atoms with Gasteiger partial charge in [-0.2, -0.15) is 0 Å². The van der Waals surface area contributed by atoms with Crippen LogP contribution in [-0.2, 0) is 0 Å². The number of likely N-dealkylation sites (tertiary alicyclic amines) is 1. The van der Waals surface area contributed by atoms with E-state index in [1.807, 2.05) is 6.07 Å². The highest BCUT2D eigenvalue weighted by atomic mass is 79.9. The predicted octanol–water partition coefficient (Wildman–Crippen LogP) is 3.09. The maximum atomic E-state index is 13.6. The van der Waals surface area contributed by atoms with E-state index < -0.39 is 0 Å². The maximum absolute atomic E-state index is 13.6. The number of piperidine rings is 1. The molecule has 1 N–H and O–H groups in total. The first-order valence-electron chi connectivity index (χ1n) is 5.55. The van der Waals surface area contributed by atoms with Crippen molar-refractivity contribution in [1.82, 2.24) is 4.90 Å². The Morgan fingerprint density at radius 2 is 2.06 bits per heavy atom. The molecule has 0 radical (unpaired) electrons. The summed E-state index contributed by atoms with van der Waals surface area (Å²) in [5.74, 6) is -0.187. The van der Waals surface area contributed by atoms with Gasteiger partial charge in [-0.05, 0) is 51.2 Å². The van der Waals surface area contributed by atoms with Crippen LogP contribution in [0.4, 0.5) is 10.1 Å². The lowest BCUT2D eigenvalue weighted by Crippen LogP contribution is -2.36. The molecule has 1 aromatic carbocycles. The first kappa shape index (κ1) is 11.9. The van der Waals surface area contributed by atoms with Gasteiger partial charge in [0.2, 0.25) is 0 Å². The molecular formula is C12H16BrFN2.